The highest BCUT2D eigenvalue weighted by Gasteiger charge is 2.12. The van der Waals surface area contributed by atoms with E-state index in [4.69, 9.17) is 4.74 Å². The molecule has 0 spiro atoms. The first-order chi connectivity index (χ1) is 9.26. The van der Waals surface area contributed by atoms with E-state index in [1.54, 1.807) is 11.3 Å². The summed E-state index contributed by atoms with van der Waals surface area (Å²) in [6.45, 7) is 2.78. The molecule has 0 aliphatic heterocycles. The molecule has 1 N–H and O–H groups in total. The van der Waals surface area contributed by atoms with Crippen molar-refractivity contribution in [3.05, 3.63) is 50.6 Å². The van der Waals surface area contributed by atoms with Gasteiger partial charge in [-0.2, -0.15) is 0 Å². The van der Waals surface area contributed by atoms with Gasteiger partial charge in [0, 0.05) is 16.1 Å². The average molecular weight is 340 g/mol. The van der Waals surface area contributed by atoms with Crippen molar-refractivity contribution in [1.29, 1.82) is 0 Å². The highest BCUT2D eigenvalue weighted by molar-refractivity contribution is 9.10. The Morgan fingerprint density at radius 2 is 2.11 bits per heavy atom. The third-order valence-electron chi connectivity index (χ3n) is 3.10. The first kappa shape index (κ1) is 14.6. The standard InChI is InChI=1S/C15H18BrNOS/c1-3-13(17-2)11-6-4-5-7-14(11)18-10-15-12(16)8-9-19-15/h4-9,13,17H,3,10H2,1-2H3. The lowest BCUT2D eigenvalue weighted by molar-refractivity contribution is 0.302. The lowest BCUT2D eigenvalue weighted by atomic mass is 10.0. The van der Waals surface area contributed by atoms with Crippen LogP contribution in [0.25, 0.3) is 0 Å². The van der Waals surface area contributed by atoms with Crippen molar-refractivity contribution in [3.63, 3.8) is 0 Å². The van der Waals surface area contributed by atoms with E-state index in [0.717, 1.165) is 16.6 Å². The second-order valence-electron chi connectivity index (χ2n) is 4.27. The van der Waals surface area contributed by atoms with E-state index in [9.17, 15) is 0 Å². The normalized spacial score (nSPS) is 12.4. The fourth-order valence-corrected chi connectivity index (χ4v) is 3.43. The van der Waals surface area contributed by atoms with Crippen LogP contribution in [0.5, 0.6) is 5.75 Å². The minimum absolute atomic E-state index is 0.336. The van der Waals surface area contributed by atoms with Gasteiger partial charge in [-0.3, -0.25) is 0 Å². The minimum atomic E-state index is 0.336. The van der Waals surface area contributed by atoms with Crippen LogP contribution in [0, 0.1) is 0 Å². The van der Waals surface area contributed by atoms with Crippen LogP contribution in [0.15, 0.2) is 40.2 Å². The number of para-hydroxylation sites is 1. The van der Waals surface area contributed by atoms with Crippen molar-refractivity contribution in [2.24, 2.45) is 0 Å². The fourth-order valence-electron chi connectivity index (χ4n) is 2.05. The zero-order valence-electron chi connectivity index (χ0n) is 11.2. The van der Waals surface area contributed by atoms with Crippen molar-refractivity contribution in [2.75, 3.05) is 7.05 Å². The lowest BCUT2D eigenvalue weighted by Crippen LogP contribution is -2.16. The predicted octanol–water partition coefficient (Wildman–Crippen LogP) is 4.76. The molecule has 4 heteroatoms. The molecule has 1 atom stereocenters. The second kappa shape index (κ2) is 7.08. The van der Waals surface area contributed by atoms with E-state index < -0.39 is 0 Å². The van der Waals surface area contributed by atoms with Crippen molar-refractivity contribution in [3.8, 4) is 5.75 Å². The Kier molecular flexibility index (Phi) is 5.43. The lowest BCUT2D eigenvalue weighted by Gasteiger charge is -2.18. The smallest absolute Gasteiger partial charge is 0.124 e. The first-order valence-electron chi connectivity index (χ1n) is 6.37. The third kappa shape index (κ3) is 3.59. The Balaban J connectivity index is 2.14. The maximum Gasteiger partial charge on any atom is 0.124 e. The molecule has 0 radical (unpaired) electrons. The number of hydrogen-bond donors (Lipinski definition) is 1. The van der Waals surface area contributed by atoms with Crippen LogP contribution in [0.1, 0.15) is 29.8 Å². The van der Waals surface area contributed by atoms with Gasteiger partial charge in [-0.15, -0.1) is 11.3 Å². The Labute approximate surface area is 126 Å². The Morgan fingerprint density at radius 1 is 1.32 bits per heavy atom. The van der Waals surface area contributed by atoms with Gasteiger partial charge in [-0.05, 0) is 46.9 Å². The molecule has 102 valence electrons. The molecule has 2 aromatic rings. The van der Waals surface area contributed by atoms with Gasteiger partial charge in [0.1, 0.15) is 12.4 Å². The van der Waals surface area contributed by atoms with Gasteiger partial charge < -0.3 is 10.1 Å². The summed E-state index contributed by atoms with van der Waals surface area (Å²) in [5, 5.41) is 5.39. The largest absolute Gasteiger partial charge is 0.488 e. The maximum absolute atomic E-state index is 5.99. The van der Waals surface area contributed by atoms with Gasteiger partial charge >= 0.3 is 0 Å². The summed E-state index contributed by atoms with van der Waals surface area (Å²) in [4.78, 5) is 1.22. The number of nitrogens with one attached hydrogen (secondary N) is 1. The number of rotatable bonds is 6. The van der Waals surface area contributed by atoms with Crippen molar-refractivity contribution >= 4 is 27.3 Å². The molecule has 1 unspecified atom stereocenters. The van der Waals surface area contributed by atoms with Gasteiger partial charge in [-0.1, -0.05) is 25.1 Å². The first-order valence-corrected chi connectivity index (χ1v) is 8.04. The number of benzene rings is 1. The van der Waals surface area contributed by atoms with Crippen molar-refractivity contribution in [2.45, 2.75) is 26.0 Å². The van der Waals surface area contributed by atoms with Gasteiger partial charge in [0.05, 0.1) is 4.88 Å². The zero-order valence-corrected chi connectivity index (χ0v) is 13.6. The molecular formula is C15H18BrNOS. The van der Waals surface area contributed by atoms with E-state index in [-0.39, 0.29) is 0 Å². The summed E-state index contributed by atoms with van der Waals surface area (Å²) in [5.74, 6) is 0.962. The topological polar surface area (TPSA) is 21.3 Å². The second-order valence-corrected chi connectivity index (χ2v) is 6.12. The molecule has 0 aliphatic carbocycles. The van der Waals surface area contributed by atoms with Gasteiger partial charge in [0.15, 0.2) is 0 Å². The van der Waals surface area contributed by atoms with Crippen LogP contribution in [0.3, 0.4) is 0 Å². The molecule has 0 saturated carbocycles. The van der Waals surface area contributed by atoms with E-state index in [1.165, 1.54) is 10.4 Å². The average Bonchev–Trinajstić information content (AvgIpc) is 2.84. The number of hydrogen-bond acceptors (Lipinski definition) is 3. The number of halogens is 1. The van der Waals surface area contributed by atoms with Gasteiger partial charge in [0.2, 0.25) is 0 Å². The van der Waals surface area contributed by atoms with Crippen LogP contribution in [0.4, 0.5) is 0 Å². The van der Waals surface area contributed by atoms with E-state index in [2.05, 4.69) is 51.7 Å². The fraction of sp³-hybridized carbons (Fsp3) is 0.333. The van der Waals surface area contributed by atoms with Crippen LogP contribution in [-0.4, -0.2) is 7.05 Å². The number of thiophene rings is 1. The molecule has 19 heavy (non-hydrogen) atoms. The van der Waals surface area contributed by atoms with E-state index in [1.807, 2.05) is 19.2 Å². The molecule has 1 heterocycles. The van der Waals surface area contributed by atoms with Crippen LogP contribution in [-0.2, 0) is 6.61 Å². The molecule has 0 saturated heterocycles. The summed E-state index contributed by atoms with van der Waals surface area (Å²) in [6, 6.07) is 10.6. The maximum atomic E-state index is 5.99. The number of ether oxygens (including phenoxy) is 1. The third-order valence-corrected chi connectivity index (χ3v) is 5.00. The molecule has 0 bridgehead atoms. The molecule has 1 aromatic carbocycles. The van der Waals surface area contributed by atoms with E-state index >= 15 is 0 Å². The summed E-state index contributed by atoms with van der Waals surface area (Å²) < 4.78 is 7.11. The summed E-state index contributed by atoms with van der Waals surface area (Å²) in [5.41, 5.74) is 1.22. The van der Waals surface area contributed by atoms with Gasteiger partial charge in [0.25, 0.3) is 0 Å². The summed E-state index contributed by atoms with van der Waals surface area (Å²) >= 11 is 5.24. The Bertz CT molecular complexity index is 522. The molecule has 2 rings (SSSR count). The molecule has 0 amide bonds. The SMILES string of the molecule is CCC(NC)c1ccccc1OCc1sccc1Br. The zero-order chi connectivity index (χ0) is 13.7. The predicted molar refractivity (Wildman–Crippen MR) is 84.9 cm³/mol. The summed E-state index contributed by atoms with van der Waals surface area (Å²) in [6.07, 6.45) is 1.04. The molecule has 1 aromatic heterocycles. The molecule has 0 fully saturated rings. The molecule has 2 nitrogen and oxygen atoms in total. The van der Waals surface area contributed by atoms with Crippen LogP contribution in [0.2, 0.25) is 0 Å². The highest BCUT2D eigenvalue weighted by atomic mass is 79.9. The van der Waals surface area contributed by atoms with Gasteiger partial charge in [-0.25, -0.2) is 0 Å². The van der Waals surface area contributed by atoms with E-state index in [0.29, 0.717) is 12.6 Å². The van der Waals surface area contributed by atoms with Crippen molar-refractivity contribution < 1.29 is 4.74 Å². The van der Waals surface area contributed by atoms with Crippen LogP contribution < -0.4 is 10.1 Å². The molecular weight excluding hydrogens is 322 g/mol. The van der Waals surface area contributed by atoms with Crippen LogP contribution >= 0.6 is 27.3 Å². The quantitative estimate of drug-likeness (QED) is 0.819. The molecule has 0 aliphatic rings. The van der Waals surface area contributed by atoms with Crippen molar-refractivity contribution in [1.82, 2.24) is 5.32 Å². The Morgan fingerprint density at radius 3 is 2.74 bits per heavy atom. The monoisotopic (exact) mass is 339 g/mol. The summed E-state index contributed by atoms with van der Waals surface area (Å²) in [7, 11) is 1.99. The highest BCUT2D eigenvalue weighted by Crippen LogP contribution is 2.29. The minimum Gasteiger partial charge on any atom is -0.488 e. The Hall–Kier alpha value is -0.840.